The molecule has 1 heterocycles. The van der Waals surface area contributed by atoms with E-state index >= 15 is 0 Å². The minimum atomic E-state index is -4.64. The Bertz CT molecular complexity index is 696. The van der Waals surface area contributed by atoms with Gasteiger partial charge >= 0.3 is 6.36 Å². The molecule has 28 heavy (non-hydrogen) atoms. The molecular weight excluding hydrogens is 367 g/mol. The van der Waals surface area contributed by atoms with E-state index in [0.717, 1.165) is 63.2 Å². The molecule has 1 aliphatic heterocycles. The van der Waals surface area contributed by atoms with Gasteiger partial charge < -0.3 is 14.4 Å². The number of ether oxygens (including phenoxy) is 2. The van der Waals surface area contributed by atoms with Crippen molar-refractivity contribution in [3.05, 3.63) is 60.2 Å². The lowest BCUT2D eigenvalue weighted by molar-refractivity contribution is -0.274. The smallest absolute Gasteiger partial charge is 0.494 e. The summed E-state index contributed by atoms with van der Waals surface area (Å²) < 4.78 is 46.3. The number of para-hydroxylation sites is 1. The molecule has 0 radical (unpaired) electrons. The zero-order valence-electron chi connectivity index (χ0n) is 15.8. The van der Waals surface area contributed by atoms with Crippen LogP contribution in [0.2, 0.25) is 0 Å². The third-order valence-corrected chi connectivity index (χ3v) is 5.12. The van der Waals surface area contributed by atoms with Crippen molar-refractivity contribution >= 4 is 0 Å². The van der Waals surface area contributed by atoms with Gasteiger partial charge in [0.25, 0.3) is 0 Å². The number of hydrogen-bond donors (Lipinski definition) is 0. The van der Waals surface area contributed by atoms with Crippen LogP contribution in [0.4, 0.5) is 13.2 Å². The average molecular weight is 393 g/mol. The molecule has 0 aromatic heterocycles. The zero-order valence-corrected chi connectivity index (χ0v) is 15.8. The Labute approximate surface area is 164 Å². The Morgan fingerprint density at radius 3 is 2.21 bits per heavy atom. The van der Waals surface area contributed by atoms with E-state index in [0.29, 0.717) is 5.92 Å². The normalized spacial score (nSPS) is 16.1. The van der Waals surface area contributed by atoms with Gasteiger partial charge in [0.05, 0.1) is 6.61 Å². The number of nitrogens with zero attached hydrogens (tertiary/aromatic N) is 1. The SMILES string of the molecule is FC(F)(F)Oc1ccc(CCN2CCC(CCOc3ccccc3)CC2)cc1. The number of hydrogen-bond acceptors (Lipinski definition) is 3. The number of alkyl halides is 3. The Hall–Kier alpha value is -2.21. The van der Waals surface area contributed by atoms with Crippen LogP contribution < -0.4 is 9.47 Å². The van der Waals surface area contributed by atoms with Crippen molar-refractivity contribution < 1.29 is 22.6 Å². The first-order valence-corrected chi connectivity index (χ1v) is 9.73. The second kappa shape index (κ2) is 9.82. The number of rotatable bonds is 8. The molecule has 6 heteroatoms. The van der Waals surface area contributed by atoms with Crippen LogP contribution in [0.5, 0.6) is 11.5 Å². The molecule has 0 N–H and O–H groups in total. The van der Waals surface area contributed by atoms with Crippen molar-refractivity contribution in [2.45, 2.75) is 32.0 Å². The molecule has 0 saturated carbocycles. The van der Waals surface area contributed by atoms with Crippen LogP contribution in [0.15, 0.2) is 54.6 Å². The monoisotopic (exact) mass is 393 g/mol. The highest BCUT2D eigenvalue weighted by Crippen LogP contribution is 2.24. The Morgan fingerprint density at radius 2 is 1.57 bits per heavy atom. The number of likely N-dealkylation sites (tertiary alicyclic amines) is 1. The van der Waals surface area contributed by atoms with E-state index in [4.69, 9.17) is 4.74 Å². The third-order valence-electron chi connectivity index (χ3n) is 5.12. The molecule has 1 fully saturated rings. The molecule has 2 aromatic rings. The van der Waals surface area contributed by atoms with Gasteiger partial charge in [-0.1, -0.05) is 30.3 Å². The molecule has 0 amide bonds. The van der Waals surface area contributed by atoms with Gasteiger partial charge in [0.1, 0.15) is 11.5 Å². The second-order valence-electron chi connectivity index (χ2n) is 7.18. The predicted molar refractivity (Wildman–Crippen MR) is 103 cm³/mol. The van der Waals surface area contributed by atoms with Gasteiger partial charge in [-0.25, -0.2) is 0 Å². The van der Waals surface area contributed by atoms with Crippen LogP contribution in [0.3, 0.4) is 0 Å². The van der Waals surface area contributed by atoms with Gasteiger partial charge in [-0.05, 0) is 74.5 Å². The Morgan fingerprint density at radius 1 is 0.893 bits per heavy atom. The fourth-order valence-electron chi connectivity index (χ4n) is 3.50. The standard InChI is InChI=1S/C22H26F3NO2/c23-22(24,25)28-21-8-6-18(7-9-21)10-14-26-15-11-19(12-16-26)13-17-27-20-4-2-1-3-5-20/h1-9,19H,10-17H2. The molecule has 0 atom stereocenters. The lowest BCUT2D eigenvalue weighted by Gasteiger charge is -2.32. The number of piperidine rings is 1. The van der Waals surface area contributed by atoms with Gasteiger partial charge in [-0.2, -0.15) is 0 Å². The molecule has 3 nitrogen and oxygen atoms in total. The van der Waals surface area contributed by atoms with Gasteiger partial charge in [0.15, 0.2) is 0 Å². The van der Waals surface area contributed by atoms with E-state index in [1.54, 1.807) is 12.1 Å². The fourth-order valence-corrected chi connectivity index (χ4v) is 3.50. The zero-order chi connectivity index (χ0) is 19.8. The van der Waals surface area contributed by atoms with Crippen LogP contribution >= 0.6 is 0 Å². The van der Waals surface area contributed by atoms with Crippen LogP contribution in [0, 0.1) is 5.92 Å². The van der Waals surface area contributed by atoms with Crippen molar-refractivity contribution in [2.75, 3.05) is 26.2 Å². The summed E-state index contributed by atoms with van der Waals surface area (Å²) in [7, 11) is 0. The lowest BCUT2D eigenvalue weighted by Crippen LogP contribution is -2.35. The second-order valence-corrected chi connectivity index (χ2v) is 7.18. The molecule has 1 saturated heterocycles. The van der Waals surface area contributed by atoms with E-state index in [-0.39, 0.29) is 5.75 Å². The summed E-state index contributed by atoms with van der Waals surface area (Å²) in [5.41, 5.74) is 1.02. The first-order chi connectivity index (χ1) is 13.5. The Balaban J connectivity index is 1.32. The maximum absolute atomic E-state index is 12.2. The summed E-state index contributed by atoms with van der Waals surface area (Å²) in [5.74, 6) is 1.44. The van der Waals surface area contributed by atoms with Crippen molar-refractivity contribution in [1.82, 2.24) is 4.90 Å². The quantitative estimate of drug-likeness (QED) is 0.607. The highest BCUT2D eigenvalue weighted by molar-refractivity contribution is 5.27. The highest BCUT2D eigenvalue weighted by atomic mass is 19.4. The first-order valence-electron chi connectivity index (χ1n) is 9.73. The maximum Gasteiger partial charge on any atom is 0.573 e. The predicted octanol–water partition coefficient (Wildman–Crippen LogP) is 5.31. The molecule has 0 bridgehead atoms. The lowest BCUT2D eigenvalue weighted by atomic mass is 9.93. The van der Waals surface area contributed by atoms with Crippen LogP contribution in [-0.4, -0.2) is 37.5 Å². The first kappa shape index (κ1) is 20.5. The summed E-state index contributed by atoms with van der Waals surface area (Å²) in [6.45, 7) is 3.80. The van der Waals surface area contributed by atoms with Crippen molar-refractivity contribution in [2.24, 2.45) is 5.92 Å². The maximum atomic E-state index is 12.2. The molecule has 152 valence electrons. The van der Waals surface area contributed by atoms with E-state index in [1.165, 1.54) is 12.1 Å². The largest absolute Gasteiger partial charge is 0.573 e. The summed E-state index contributed by atoms with van der Waals surface area (Å²) in [6.07, 6.45) is -0.414. The molecule has 0 aliphatic carbocycles. The Kier molecular flexibility index (Phi) is 7.20. The van der Waals surface area contributed by atoms with Crippen LogP contribution in [0.1, 0.15) is 24.8 Å². The summed E-state index contributed by atoms with van der Waals surface area (Å²) >= 11 is 0. The summed E-state index contributed by atoms with van der Waals surface area (Å²) in [5, 5.41) is 0. The number of halogens is 3. The van der Waals surface area contributed by atoms with Crippen molar-refractivity contribution in [1.29, 1.82) is 0 Å². The van der Waals surface area contributed by atoms with Gasteiger partial charge in [-0.15, -0.1) is 13.2 Å². The van der Waals surface area contributed by atoms with Gasteiger partial charge in [0, 0.05) is 6.54 Å². The van der Waals surface area contributed by atoms with E-state index in [9.17, 15) is 13.2 Å². The summed E-state index contributed by atoms with van der Waals surface area (Å²) in [4.78, 5) is 2.43. The van der Waals surface area contributed by atoms with E-state index in [1.807, 2.05) is 30.3 Å². The average Bonchev–Trinajstić information content (AvgIpc) is 2.68. The van der Waals surface area contributed by atoms with Crippen molar-refractivity contribution in [3.8, 4) is 11.5 Å². The van der Waals surface area contributed by atoms with Gasteiger partial charge in [0.2, 0.25) is 0 Å². The van der Waals surface area contributed by atoms with Gasteiger partial charge in [-0.3, -0.25) is 0 Å². The minimum Gasteiger partial charge on any atom is -0.494 e. The molecule has 1 aliphatic rings. The minimum absolute atomic E-state index is 0.171. The van der Waals surface area contributed by atoms with Crippen molar-refractivity contribution in [3.63, 3.8) is 0 Å². The van der Waals surface area contributed by atoms with Crippen LogP contribution in [-0.2, 0) is 6.42 Å². The third kappa shape index (κ3) is 7.08. The number of benzene rings is 2. The fraction of sp³-hybridized carbons (Fsp3) is 0.455. The van der Waals surface area contributed by atoms with Crippen LogP contribution in [0.25, 0.3) is 0 Å². The molecule has 0 unspecified atom stereocenters. The molecule has 2 aromatic carbocycles. The molecular formula is C22H26F3NO2. The topological polar surface area (TPSA) is 21.7 Å². The highest BCUT2D eigenvalue weighted by Gasteiger charge is 2.30. The van der Waals surface area contributed by atoms with E-state index in [2.05, 4.69) is 9.64 Å². The molecule has 0 spiro atoms. The summed E-state index contributed by atoms with van der Waals surface area (Å²) in [6, 6.07) is 16.0. The van der Waals surface area contributed by atoms with E-state index < -0.39 is 6.36 Å². The molecule has 3 rings (SSSR count).